The molecule has 0 aromatic heterocycles. The Hall–Kier alpha value is -1.06. The van der Waals surface area contributed by atoms with Crippen molar-refractivity contribution in [2.24, 2.45) is 5.73 Å². The van der Waals surface area contributed by atoms with E-state index in [-0.39, 0.29) is 30.3 Å². The molecule has 0 aliphatic rings. The van der Waals surface area contributed by atoms with Crippen LogP contribution in [0.1, 0.15) is 32.3 Å². The summed E-state index contributed by atoms with van der Waals surface area (Å²) in [5, 5.41) is 2.91. The lowest BCUT2D eigenvalue weighted by molar-refractivity contribution is -0.122. The lowest BCUT2D eigenvalue weighted by Gasteiger charge is -2.22. The summed E-state index contributed by atoms with van der Waals surface area (Å²) in [5.74, 6) is 0.180. The lowest BCUT2D eigenvalue weighted by Crippen LogP contribution is -2.44. The topological polar surface area (TPSA) is 55.1 Å². The van der Waals surface area contributed by atoms with Crippen molar-refractivity contribution in [3.8, 4) is 0 Å². The van der Waals surface area contributed by atoms with E-state index in [0.29, 0.717) is 0 Å². The van der Waals surface area contributed by atoms with E-state index in [4.69, 9.17) is 5.73 Å². The Morgan fingerprint density at radius 3 is 2.18 bits per heavy atom. The molecule has 0 aliphatic carbocycles. The molecule has 3 N–H and O–H groups in total. The van der Waals surface area contributed by atoms with E-state index >= 15 is 0 Å². The smallest absolute Gasteiger partial charge is 0.236 e. The van der Waals surface area contributed by atoms with E-state index in [1.807, 2.05) is 25.1 Å². The molecule has 17 heavy (non-hydrogen) atoms. The molecule has 1 aromatic rings. The molecule has 0 radical (unpaired) electrons. The van der Waals surface area contributed by atoms with Crippen molar-refractivity contribution in [2.45, 2.75) is 38.8 Å². The van der Waals surface area contributed by atoms with Gasteiger partial charge in [-0.1, -0.05) is 37.3 Å². The largest absolute Gasteiger partial charge is 0.352 e. The molecule has 3 atom stereocenters. The zero-order valence-electron chi connectivity index (χ0n) is 10.5. The summed E-state index contributed by atoms with van der Waals surface area (Å²) in [7, 11) is 0. The first-order chi connectivity index (χ1) is 7.52. The molecular weight excluding hydrogens is 236 g/mol. The highest BCUT2D eigenvalue weighted by molar-refractivity contribution is 5.85. The van der Waals surface area contributed by atoms with Gasteiger partial charge in [0, 0.05) is 12.0 Å². The molecule has 96 valence electrons. The SMILES string of the molecule is CC(NC(=O)[C@@H](C)N)C(C)c1ccccc1.Cl. The number of hydrogen-bond donors (Lipinski definition) is 2. The summed E-state index contributed by atoms with van der Waals surface area (Å²) in [4.78, 5) is 11.5. The van der Waals surface area contributed by atoms with Crippen LogP contribution in [0.2, 0.25) is 0 Å². The van der Waals surface area contributed by atoms with Crippen LogP contribution in [0.25, 0.3) is 0 Å². The number of nitrogens with one attached hydrogen (secondary N) is 1. The van der Waals surface area contributed by atoms with Crippen LogP contribution in [-0.2, 0) is 4.79 Å². The van der Waals surface area contributed by atoms with E-state index in [1.165, 1.54) is 5.56 Å². The van der Waals surface area contributed by atoms with Crippen molar-refractivity contribution in [3.05, 3.63) is 35.9 Å². The Balaban J connectivity index is 0.00000256. The number of carbonyl (C=O) groups excluding carboxylic acids is 1. The molecular formula is C13H21ClN2O. The van der Waals surface area contributed by atoms with Crippen molar-refractivity contribution in [3.63, 3.8) is 0 Å². The van der Waals surface area contributed by atoms with Crippen LogP contribution in [0, 0.1) is 0 Å². The van der Waals surface area contributed by atoms with Crippen molar-refractivity contribution < 1.29 is 4.79 Å². The average molecular weight is 257 g/mol. The first-order valence-corrected chi connectivity index (χ1v) is 5.63. The number of benzene rings is 1. The molecule has 1 amide bonds. The zero-order chi connectivity index (χ0) is 12.1. The summed E-state index contributed by atoms with van der Waals surface area (Å²) in [6.07, 6.45) is 0. The van der Waals surface area contributed by atoms with E-state index in [2.05, 4.69) is 24.4 Å². The van der Waals surface area contributed by atoms with Crippen LogP contribution in [-0.4, -0.2) is 18.0 Å². The van der Waals surface area contributed by atoms with Gasteiger partial charge in [-0.15, -0.1) is 12.4 Å². The molecule has 0 fully saturated rings. The van der Waals surface area contributed by atoms with Gasteiger partial charge >= 0.3 is 0 Å². The maximum absolute atomic E-state index is 11.5. The highest BCUT2D eigenvalue weighted by Crippen LogP contribution is 2.18. The molecule has 0 saturated heterocycles. The third-order valence-electron chi connectivity index (χ3n) is 2.86. The molecule has 3 nitrogen and oxygen atoms in total. The summed E-state index contributed by atoms with van der Waals surface area (Å²) in [6.45, 7) is 5.79. The Bertz CT molecular complexity index is 341. The summed E-state index contributed by atoms with van der Waals surface area (Å²) in [5.41, 5.74) is 6.73. The van der Waals surface area contributed by atoms with Crippen LogP contribution in [0.15, 0.2) is 30.3 Å². The number of amides is 1. The van der Waals surface area contributed by atoms with Gasteiger partial charge in [0.1, 0.15) is 0 Å². The van der Waals surface area contributed by atoms with E-state index < -0.39 is 6.04 Å². The summed E-state index contributed by atoms with van der Waals surface area (Å²) in [6, 6.07) is 9.77. The quantitative estimate of drug-likeness (QED) is 0.867. The lowest BCUT2D eigenvalue weighted by atomic mass is 9.94. The van der Waals surface area contributed by atoms with Gasteiger partial charge in [-0.2, -0.15) is 0 Å². The monoisotopic (exact) mass is 256 g/mol. The highest BCUT2D eigenvalue weighted by Gasteiger charge is 2.17. The second-order valence-electron chi connectivity index (χ2n) is 4.29. The predicted octanol–water partition coefficient (Wildman–Crippen LogP) is 2.06. The summed E-state index contributed by atoms with van der Waals surface area (Å²) < 4.78 is 0. The van der Waals surface area contributed by atoms with Gasteiger partial charge in [0.25, 0.3) is 0 Å². The van der Waals surface area contributed by atoms with E-state index in [1.54, 1.807) is 6.92 Å². The number of carbonyl (C=O) groups is 1. The molecule has 4 heteroatoms. The van der Waals surface area contributed by atoms with Gasteiger partial charge in [0.05, 0.1) is 6.04 Å². The van der Waals surface area contributed by atoms with Crippen LogP contribution in [0.4, 0.5) is 0 Å². The molecule has 2 unspecified atom stereocenters. The van der Waals surface area contributed by atoms with E-state index in [0.717, 1.165) is 0 Å². The normalized spacial score (nSPS) is 15.3. The summed E-state index contributed by atoms with van der Waals surface area (Å²) >= 11 is 0. The van der Waals surface area contributed by atoms with Crippen molar-refractivity contribution in [2.75, 3.05) is 0 Å². The van der Waals surface area contributed by atoms with E-state index in [9.17, 15) is 4.79 Å². The third-order valence-corrected chi connectivity index (χ3v) is 2.86. The zero-order valence-corrected chi connectivity index (χ0v) is 11.3. The Morgan fingerprint density at radius 1 is 1.18 bits per heavy atom. The third kappa shape index (κ3) is 4.75. The minimum Gasteiger partial charge on any atom is -0.352 e. The van der Waals surface area contributed by atoms with Gasteiger partial charge in [-0.3, -0.25) is 4.79 Å². The average Bonchev–Trinajstić information content (AvgIpc) is 2.28. The van der Waals surface area contributed by atoms with Crippen LogP contribution >= 0.6 is 12.4 Å². The molecule has 1 aromatic carbocycles. The fourth-order valence-corrected chi connectivity index (χ4v) is 1.53. The number of halogens is 1. The van der Waals surface area contributed by atoms with Crippen LogP contribution < -0.4 is 11.1 Å². The molecule has 0 aliphatic heterocycles. The maximum atomic E-state index is 11.5. The highest BCUT2D eigenvalue weighted by atomic mass is 35.5. The van der Waals surface area contributed by atoms with Crippen molar-refractivity contribution in [1.29, 1.82) is 0 Å². The standard InChI is InChI=1S/C13H20N2O.ClH/c1-9(12-7-5-4-6-8-12)11(3)15-13(16)10(2)14;/h4-11H,14H2,1-3H3,(H,15,16);1H/t9?,10-,11?;/m1./s1. The molecule has 0 spiro atoms. The second kappa shape index (κ2) is 7.30. The number of hydrogen-bond acceptors (Lipinski definition) is 2. The molecule has 0 heterocycles. The fraction of sp³-hybridized carbons (Fsp3) is 0.462. The van der Waals surface area contributed by atoms with Gasteiger partial charge in [-0.25, -0.2) is 0 Å². The maximum Gasteiger partial charge on any atom is 0.236 e. The van der Waals surface area contributed by atoms with Gasteiger partial charge < -0.3 is 11.1 Å². The minimum atomic E-state index is -0.453. The van der Waals surface area contributed by atoms with Gasteiger partial charge in [0.15, 0.2) is 0 Å². The fourth-order valence-electron chi connectivity index (χ4n) is 1.53. The molecule has 0 saturated carbocycles. The van der Waals surface area contributed by atoms with Crippen LogP contribution in [0.3, 0.4) is 0 Å². The second-order valence-corrected chi connectivity index (χ2v) is 4.29. The number of nitrogens with two attached hydrogens (primary N) is 1. The van der Waals surface area contributed by atoms with Gasteiger partial charge in [0.2, 0.25) is 5.91 Å². The Morgan fingerprint density at radius 2 is 1.71 bits per heavy atom. The molecule has 0 bridgehead atoms. The van der Waals surface area contributed by atoms with Crippen LogP contribution in [0.5, 0.6) is 0 Å². The number of rotatable bonds is 4. The first-order valence-electron chi connectivity index (χ1n) is 5.63. The Labute approximate surface area is 109 Å². The van der Waals surface area contributed by atoms with Crippen molar-refractivity contribution in [1.82, 2.24) is 5.32 Å². The predicted molar refractivity (Wildman–Crippen MR) is 73.4 cm³/mol. The van der Waals surface area contributed by atoms with Crippen molar-refractivity contribution >= 4 is 18.3 Å². The molecule has 1 rings (SSSR count). The first kappa shape index (κ1) is 15.9. The van der Waals surface area contributed by atoms with Gasteiger partial charge in [-0.05, 0) is 19.4 Å². The minimum absolute atomic E-state index is 0. The Kier molecular flexibility index (Phi) is 6.85.